The molecule has 164 valence electrons. The Morgan fingerprint density at radius 1 is 1.19 bits per heavy atom. The van der Waals surface area contributed by atoms with Crippen LogP contribution >= 0.6 is 11.6 Å². The molecule has 0 bridgehead atoms. The first-order valence-electron chi connectivity index (χ1n) is 10.5. The van der Waals surface area contributed by atoms with Crippen LogP contribution in [-0.4, -0.2) is 40.7 Å². The number of ether oxygens (including phenoxy) is 1. The van der Waals surface area contributed by atoms with Crippen molar-refractivity contribution in [2.45, 2.75) is 25.0 Å². The summed E-state index contributed by atoms with van der Waals surface area (Å²) in [5, 5.41) is 3.92. The van der Waals surface area contributed by atoms with Crippen LogP contribution in [-0.2, 0) is 0 Å². The Morgan fingerprint density at radius 3 is 2.72 bits per heavy atom. The fourth-order valence-corrected chi connectivity index (χ4v) is 4.76. The van der Waals surface area contributed by atoms with Crippen molar-refractivity contribution in [2.75, 3.05) is 19.5 Å². The first-order chi connectivity index (χ1) is 15.5. The zero-order valence-corrected chi connectivity index (χ0v) is 18.8. The summed E-state index contributed by atoms with van der Waals surface area (Å²) in [6.07, 6.45) is 5.07. The SMILES string of the molecule is COc1cc(NC2N=C(N)C3=C(C(c4ccccc4)CC3)N2C)ccc1-n1cnc(Cl)c1. The van der Waals surface area contributed by atoms with E-state index in [1.165, 1.54) is 11.3 Å². The molecule has 0 saturated heterocycles. The number of likely N-dealkylation sites (N-methyl/N-ethyl adjacent to an activating group) is 1. The normalized spacial score (nSPS) is 20.2. The second-order valence-corrected chi connectivity index (χ2v) is 8.39. The molecule has 2 heterocycles. The second kappa shape index (κ2) is 8.24. The average Bonchev–Trinajstić information content (AvgIpc) is 3.45. The van der Waals surface area contributed by atoms with Gasteiger partial charge in [0.15, 0.2) is 6.29 Å². The summed E-state index contributed by atoms with van der Waals surface area (Å²) in [6.45, 7) is 0. The van der Waals surface area contributed by atoms with Gasteiger partial charge < -0.3 is 25.3 Å². The predicted octanol–water partition coefficient (Wildman–Crippen LogP) is 4.36. The van der Waals surface area contributed by atoms with E-state index >= 15 is 0 Å². The zero-order valence-electron chi connectivity index (χ0n) is 18.0. The fraction of sp³-hybridized carbons (Fsp3) is 0.250. The lowest BCUT2D eigenvalue weighted by molar-refractivity contribution is 0.317. The van der Waals surface area contributed by atoms with Crippen LogP contribution in [0.5, 0.6) is 5.75 Å². The fourth-order valence-electron chi connectivity index (χ4n) is 4.61. The molecule has 2 unspecified atom stereocenters. The number of hydrogen-bond donors (Lipinski definition) is 2. The van der Waals surface area contributed by atoms with Crippen LogP contribution < -0.4 is 15.8 Å². The molecule has 0 amide bonds. The number of rotatable bonds is 5. The van der Waals surface area contributed by atoms with Crippen molar-refractivity contribution in [1.82, 2.24) is 14.5 Å². The van der Waals surface area contributed by atoms with Crippen LogP contribution in [0.1, 0.15) is 24.3 Å². The highest BCUT2D eigenvalue weighted by Gasteiger charge is 2.36. The quantitative estimate of drug-likeness (QED) is 0.606. The van der Waals surface area contributed by atoms with Gasteiger partial charge in [-0.3, -0.25) is 0 Å². The Hall–Kier alpha value is -3.45. The number of hydrogen-bond acceptors (Lipinski definition) is 6. The minimum absolute atomic E-state index is 0.309. The molecule has 0 spiro atoms. The zero-order chi connectivity index (χ0) is 22.2. The number of aliphatic imine (C=N–C) groups is 1. The highest BCUT2D eigenvalue weighted by Crippen LogP contribution is 2.43. The maximum atomic E-state index is 6.40. The second-order valence-electron chi connectivity index (χ2n) is 8.00. The van der Waals surface area contributed by atoms with E-state index in [0.717, 1.165) is 29.8 Å². The molecule has 2 aromatic carbocycles. The average molecular weight is 449 g/mol. The molecule has 3 N–H and O–H groups in total. The number of imidazole rings is 1. The van der Waals surface area contributed by atoms with E-state index in [9.17, 15) is 0 Å². The van der Waals surface area contributed by atoms with Gasteiger partial charge in [-0.15, -0.1) is 0 Å². The molecular weight excluding hydrogens is 424 g/mol. The van der Waals surface area contributed by atoms with Gasteiger partial charge in [0.25, 0.3) is 0 Å². The number of halogens is 1. The summed E-state index contributed by atoms with van der Waals surface area (Å²) in [5.41, 5.74) is 11.8. The van der Waals surface area contributed by atoms with Crippen molar-refractivity contribution in [1.29, 1.82) is 0 Å². The molecule has 2 atom stereocenters. The monoisotopic (exact) mass is 448 g/mol. The summed E-state index contributed by atoms with van der Waals surface area (Å²) in [4.78, 5) is 11.0. The molecule has 32 heavy (non-hydrogen) atoms. The van der Waals surface area contributed by atoms with Crippen molar-refractivity contribution in [3.8, 4) is 11.4 Å². The van der Waals surface area contributed by atoms with Crippen LogP contribution in [0.3, 0.4) is 0 Å². The first kappa shape index (κ1) is 20.5. The maximum Gasteiger partial charge on any atom is 0.198 e. The minimum Gasteiger partial charge on any atom is -0.494 e. The molecule has 0 fully saturated rings. The number of methoxy groups -OCH3 is 1. The van der Waals surface area contributed by atoms with Gasteiger partial charge in [0, 0.05) is 42.2 Å². The van der Waals surface area contributed by atoms with E-state index < -0.39 is 0 Å². The lowest BCUT2D eigenvalue weighted by atomic mass is 9.95. The van der Waals surface area contributed by atoms with Crippen molar-refractivity contribution in [3.63, 3.8) is 0 Å². The van der Waals surface area contributed by atoms with E-state index in [0.29, 0.717) is 22.7 Å². The summed E-state index contributed by atoms with van der Waals surface area (Å²) in [7, 11) is 3.72. The van der Waals surface area contributed by atoms with Crippen LogP contribution in [0.15, 0.2) is 77.3 Å². The van der Waals surface area contributed by atoms with Crippen molar-refractivity contribution in [2.24, 2.45) is 10.7 Å². The van der Waals surface area contributed by atoms with Gasteiger partial charge in [0.1, 0.15) is 23.1 Å². The molecule has 5 rings (SSSR count). The number of amidine groups is 1. The number of benzene rings is 2. The Labute approximate surface area is 192 Å². The third kappa shape index (κ3) is 3.58. The van der Waals surface area contributed by atoms with Gasteiger partial charge in [0.05, 0.1) is 12.8 Å². The first-order valence-corrected chi connectivity index (χ1v) is 10.9. The molecule has 1 aliphatic heterocycles. The highest BCUT2D eigenvalue weighted by atomic mass is 35.5. The third-order valence-electron chi connectivity index (χ3n) is 6.15. The number of nitrogens with one attached hydrogen (secondary N) is 1. The molecule has 0 saturated carbocycles. The van der Waals surface area contributed by atoms with E-state index in [-0.39, 0.29) is 6.29 Å². The van der Waals surface area contributed by atoms with E-state index in [2.05, 4.69) is 46.5 Å². The number of aromatic nitrogens is 2. The summed E-state index contributed by atoms with van der Waals surface area (Å²) >= 11 is 5.97. The number of nitrogens with two attached hydrogens (primary N) is 1. The van der Waals surface area contributed by atoms with Gasteiger partial charge in [-0.05, 0) is 30.5 Å². The number of nitrogens with zero attached hydrogens (tertiary/aromatic N) is 4. The highest BCUT2D eigenvalue weighted by molar-refractivity contribution is 6.29. The molecule has 3 aromatic rings. The molecule has 2 aliphatic rings. The van der Waals surface area contributed by atoms with E-state index in [1.54, 1.807) is 19.6 Å². The summed E-state index contributed by atoms with van der Waals surface area (Å²) in [5.74, 6) is 1.63. The molecule has 1 aromatic heterocycles. The summed E-state index contributed by atoms with van der Waals surface area (Å²) in [6, 6.07) is 16.5. The maximum absolute atomic E-state index is 6.40. The van der Waals surface area contributed by atoms with Crippen LogP contribution in [0.2, 0.25) is 5.15 Å². The van der Waals surface area contributed by atoms with Gasteiger partial charge in [-0.1, -0.05) is 41.9 Å². The standard InChI is InChI=1S/C24H25ClN6O/c1-30-22-17(15-6-4-3-5-7-15)9-10-18(22)23(26)29-24(30)28-16-8-11-19(20(12-16)32-2)31-13-21(25)27-14-31/h3-8,11-14,17,24,28H,9-10H2,1-2H3,(H2,26,29). The van der Waals surface area contributed by atoms with Crippen molar-refractivity contribution < 1.29 is 4.74 Å². The van der Waals surface area contributed by atoms with Gasteiger partial charge in [-0.2, -0.15) is 0 Å². The lowest BCUT2D eigenvalue weighted by Crippen LogP contribution is -2.43. The Kier molecular flexibility index (Phi) is 5.27. The van der Waals surface area contributed by atoms with Crippen molar-refractivity contribution >= 4 is 23.1 Å². The van der Waals surface area contributed by atoms with Gasteiger partial charge in [0.2, 0.25) is 0 Å². The molecule has 1 aliphatic carbocycles. The van der Waals surface area contributed by atoms with Crippen molar-refractivity contribution in [3.05, 3.63) is 83.0 Å². The summed E-state index contributed by atoms with van der Waals surface area (Å²) < 4.78 is 7.44. The third-order valence-corrected chi connectivity index (χ3v) is 6.34. The Bertz CT molecular complexity index is 1200. The predicted molar refractivity (Wildman–Crippen MR) is 127 cm³/mol. The number of allylic oxidation sites excluding steroid dienone is 1. The van der Waals surface area contributed by atoms with Crippen LogP contribution in [0.25, 0.3) is 5.69 Å². The lowest BCUT2D eigenvalue weighted by Gasteiger charge is -2.36. The number of anilines is 1. The minimum atomic E-state index is -0.309. The smallest absolute Gasteiger partial charge is 0.198 e. The van der Waals surface area contributed by atoms with E-state index in [1.807, 2.05) is 28.8 Å². The molecule has 0 radical (unpaired) electrons. The van der Waals surface area contributed by atoms with Crippen LogP contribution in [0, 0.1) is 0 Å². The Morgan fingerprint density at radius 2 is 2.00 bits per heavy atom. The molecule has 8 heteroatoms. The largest absolute Gasteiger partial charge is 0.494 e. The molecule has 7 nitrogen and oxygen atoms in total. The Balaban J connectivity index is 1.42. The topological polar surface area (TPSA) is 80.7 Å². The van der Waals surface area contributed by atoms with Gasteiger partial charge in [-0.25, -0.2) is 9.98 Å². The van der Waals surface area contributed by atoms with Crippen LogP contribution in [0.4, 0.5) is 5.69 Å². The van der Waals surface area contributed by atoms with E-state index in [4.69, 9.17) is 27.1 Å². The molecular formula is C24H25ClN6O. The van der Waals surface area contributed by atoms with Gasteiger partial charge >= 0.3 is 0 Å².